The summed E-state index contributed by atoms with van der Waals surface area (Å²) >= 11 is 1.62. The van der Waals surface area contributed by atoms with E-state index >= 15 is 0 Å². The van der Waals surface area contributed by atoms with Crippen LogP contribution in [0.3, 0.4) is 0 Å². The zero-order valence-corrected chi connectivity index (χ0v) is 18.6. The predicted octanol–water partition coefficient (Wildman–Crippen LogP) is 4.75. The van der Waals surface area contributed by atoms with Crippen LogP contribution in [0.1, 0.15) is 21.9 Å². The lowest BCUT2D eigenvalue weighted by molar-refractivity contribution is 0.0693. The summed E-state index contributed by atoms with van der Waals surface area (Å²) in [4.78, 5) is 19.6. The van der Waals surface area contributed by atoms with E-state index in [1.807, 2.05) is 30.3 Å². The molecule has 0 saturated heterocycles. The van der Waals surface area contributed by atoms with Gasteiger partial charge in [0.1, 0.15) is 24.0 Å². The zero-order chi connectivity index (χ0) is 22.1. The second-order valence-electron chi connectivity index (χ2n) is 7.43. The van der Waals surface area contributed by atoms with Gasteiger partial charge in [-0.05, 0) is 36.4 Å². The Bertz CT molecular complexity index is 1250. The fourth-order valence-electron chi connectivity index (χ4n) is 3.80. The number of aromatic nitrogens is 1. The Balaban J connectivity index is 1.49. The van der Waals surface area contributed by atoms with Gasteiger partial charge in [-0.3, -0.25) is 4.79 Å². The first-order valence-corrected chi connectivity index (χ1v) is 11.0. The van der Waals surface area contributed by atoms with E-state index in [-0.39, 0.29) is 11.7 Å². The number of benzene rings is 2. The average Bonchev–Trinajstić information content (AvgIpc) is 3.40. The van der Waals surface area contributed by atoms with Crippen molar-refractivity contribution in [3.05, 3.63) is 65.6 Å². The van der Waals surface area contributed by atoms with Crippen LogP contribution >= 0.6 is 11.3 Å². The third-order valence-corrected chi connectivity index (χ3v) is 6.39. The molecule has 0 unspecified atom stereocenters. The van der Waals surface area contributed by atoms with Gasteiger partial charge in [0.15, 0.2) is 17.3 Å². The van der Waals surface area contributed by atoms with Gasteiger partial charge in [-0.2, -0.15) is 0 Å². The van der Waals surface area contributed by atoms with E-state index < -0.39 is 0 Å². The van der Waals surface area contributed by atoms with Crippen molar-refractivity contribution >= 4 is 27.5 Å². The number of rotatable bonds is 5. The van der Waals surface area contributed by atoms with Gasteiger partial charge in [-0.15, -0.1) is 11.3 Å². The van der Waals surface area contributed by atoms with E-state index in [4.69, 9.17) is 23.6 Å². The minimum atomic E-state index is -0.187. The smallest absolute Gasteiger partial charge is 0.289 e. The maximum atomic E-state index is 13.1. The number of fused-ring (bicyclic) bond motifs is 2. The number of methoxy groups -OCH3 is 2. The summed E-state index contributed by atoms with van der Waals surface area (Å²) in [7, 11) is 3.21. The summed E-state index contributed by atoms with van der Waals surface area (Å²) in [5.41, 5.74) is 2.76. The number of hydrogen-bond donors (Lipinski definition) is 0. The summed E-state index contributed by atoms with van der Waals surface area (Å²) in [6.07, 6.45) is 0. The Morgan fingerprint density at radius 2 is 2.06 bits per heavy atom. The Morgan fingerprint density at radius 1 is 1.19 bits per heavy atom. The maximum absolute atomic E-state index is 13.1. The Morgan fingerprint density at radius 3 is 2.88 bits per heavy atom. The number of carbonyl (C=O) groups excluding carboxylic acids is 1. The van der Waals surface area contributed by atoms with Crippen LogP contribution in [0, 0.1) is 0 Å². The van der Waals surface area contributed by atoms with Gasteiger partial charge in [0.05, 0.1) is 30.4 Å². The van der Waals surface area contributed by atoms with E-state index in [1.165, 1.54) is 0 Å². The van der Waals surface area contributed by atoms with Crippen molar-refractivity contribution in [2.45, 2.75) is 13.2 Å². The Labute approximate surface area is 189 Å². The Kier molecular flexibility index (Phi) is 5.55. The molecule has 0 bridgehead atoms. The largest absolute Gasteiger partial charge is 0.493 e. The van der Waals surface area contributed by atoms with Crippen molar-refractivity contribution in [1.82, 2.24) is 9.88 Å². The third kappa shape index (κ3) is 3.83. The molecule has 0 spiro atoms. The minimum absolute atomic E-state index is 0.187. The van der Waals surface area contributed by atoms with Gasteiger partial charge in [0.25, 0.3) is 5.91 Å². The van der Waals surface area contributed by atoms with Gasteiger partial charge >= 0.3 is 0 Å². The van der Waals surface area contributed by atoms with E-state index in [2.05, 4.69) is 6.07 Å². The van der Waals surface area contributed by atoms with Crippen molar-refractivity contribution in [3.63, 3.8) is 0 Å². The van der Waals surface area contributed by atoms with Crippen LogP contribution < -0.4 is 9.47 Å². The van der Waals surface area contributed by atoms with Crippen molar-refractivity contribution in [2.75, 3.05) is 27.4 Å². The fraction of sp³-hybridized carbons (Fsp3) is 0.250. The SMILES string of the molecule is COCc1ccc(C(=O)N2CCOc3c(cc(-c4nc5ccccc5s4)cc3OC)C2)o1. The third-order valence-electron chi connectivity index (χ3n) is 5.31. The normalized spacial score (nSPS) is 13.5. The minimum Gasteiger partial charge on any atom is -0.493 e. The van der Waals surface area contributed by atoms with Crippen molar-refractivity contribution in [3.8, 4) is 22.1 Å². The van der Waals surface area contributed by atoms with Gasteiger partial charge in [0.2, 0.25) is 0 Å². The first kappa shape index (κ1) is 20.5. The predicted molar refractivity (Wildman–Crippen MR) is 121 cm³/mol. The van der Waals surface area contributed by atoms with Crippen molar-refractivity contribution in [1.29, 1.82) is 0 Å². The fourth-order valence-corrected chi connectivity index (χ4v) is 4.75. The van der Waals surface area contributed by atoms with E-state index in [1.54, 1.807) is 42.6 Å². The van der Waals surface area contributed by atoms with Crippen LogP contribution in [0.2, 0.25) is 0 Å². The molecule has 164 valence electrons. The van der Waals surface area contributed by atoms with Crippen LogP contribution in [-0.4, -0.2) is 43.2 Å². The van der Waals surface area contributed by atoms with Crippen LogP contribution in [0.25, 0.3) is 20.8 Å². The molecule has 0 atom stereocenters. The molecular formula is C24H22N2O5S. The topological polar surface area (TPSA) is 74.0 Å². The van der Waals surface area contributed by atoms with Gasteiger partial charge in [-0.1, -0.05) is 12.1 Å². The highest BCUT2D eigenvalue weighted by Gasteiger charge is 2.26. The van der Waals surface area contributed by atoms with Crippen molar-refractivity contribution < 1.29 is 23.4 Å². The standard InChI is InChI=1S/C24H22N2O5S/c1-28-14-17-7-8-19(31-17)24(27)26-9-10-30-22-16(13-26)11-15(12-20(22)29-2)23-25-18-5-3-4-6-21(18)32-23/h3-8,11-12H,9-10,13-14H2,1-2H3. The maximum Gasteiger partial charge on any atom is 0.289 e. The van der Waals surface area contributed by atoms with E-state index in [0.29, 0.717) is 43.6 Å². The van der Waals surface area contributed by atoms with Gasteiger partial charge in [-0.25, -0.2) is 4.98 Å². The summed E-state index contributed by atoms with van der Waals surface area (Å²) < 4.78 is 23.5. The number of carbonyl (C=O) groups is 1. The lowest BCUT2D eigenvalue weighted by Crippen LogP contribution is -2.32. The van der Waals surface area contributed by atoms with E-state index in [0.717, 1.165) is 26.4 Å². The molecule has 2 aromatic heterocycles. The molecule has 32 heavy (non-hydrogen) atoms. The monoisotopic (exact) mass is 450 g/mol. The lowest BCUT2D eigenvalue weighted by atomic mass is 10.1. The highest BCUT2D eigenvalue weighted by Crippen LogP contribution is 2.40. The quantitative estimate of drug-likeness (QED) is 0.437. The number of amides is 1. The van der Waals surface area contributed by atoms with Crippen LogP contribution in [0.4, 0.5) is 0 Å². The first-order chi connectivity index (χ1) is 15.7. The van der Waals surface area contributed by atoms with Gasteiger partial charge < -0.3 is 23.5 Å². The number of furan rings is 1. The molecule has 1 amide bonds. The molecule has 7 nitrogen and oxygen atoms in total. The van der Waals surface area contributed by atoms with E-state index in [9.17, 15) is 4.79 Å². The second-order valence-corrected chi connectivity index (χ2v) is 8.46. The Hall–Kier alpha value is -3.36. The summed E-state index contributed by atoms with van der Waals surface area (Å²) in [5, 5.41) is 0.893. The molecule has 4 aromatic rings. The molecule has 0 radical (unpaired) electrons. The lowest BCUT2D eigenvalue weighted by Gasteiger charge is -2.19. The number of hydrogen-bond acceptors (Lipinski definition) is 7. The molecule has 2 aromatic carbocycles. The zero-order valence-electron chi connectivity index (χ0n) is 17.8. The highest BCUT2D eigenvalue weighted by atomic mass is 32.1. The van der Waals surface area contributed by atoms with Crippen LogP contribution in [0.5, 0.6) is 11.5 Å². The van der Waals surface area contributed by atoms with Gasteiger partial charge in [0, 0.05) is 18.2 Å². The van der Waals surface area contributed by atoms with Crippen LogP contribution in [0.15, 0.2) is 52.9 Å². The van der Waals surface area contributed by atoms with Crippen molar-refractivity contribution in [2.24, 2.45) is 0 Å². The first-order valence-electron chi connectivity index (χ1n) is 10.2. The number of thiazole rings is 1. The summed E-state index contributed by atoms with van der Waals surface area (Å²) in [6, 6.07) is 15.5. The summed E-state index contributed by atoms with van der Waals surface area (Å²) in [6.45, 7) is 1.50. The molecule has 5 rings (SSSR count). The number of nitrogens with zero attached hydrogens (tertiary/aromatic N) is 2. The molecule has 1 aliphatic rings. The molecule has 3 heterocycles. The second kappa shape index (κ2) is 8.64. The molecule has 8 heteroatoms. The summed E-state index contributed by atoms with van der Waals surface area (Å²) in [5.74, 6) is 2.00. The molecule has 0 saturated carbocycles. The average molecular weight is 451 g/mol. The molecular weight excluding hydrogens is 428 g/mol. The number of para-hydroxylation sites is 1. The molecule has 1 aliphatic heterocycles. The molecule has 0 N–H and O–H groups in total. The molecule has 0 aliphatic carbocycles. The number of ether oxygens (including phenoxy) is 3. The highest BCUT2D eigenvalue weighted by molar-refractivity contribution is 7.21. The van der Waals surface area contributed by atoms with Crippen LogP contribution in [-0.2, 0) is 17.9 Å². The molecule has 0 fully saturated rings.